The average Bonchev–Trinajstić information content (AvgIpc) is 3.18. The molecule has 0 unspecified atom stereocenters. The van der Waals surface area contributed by atoms with Crippen LogP contribution in [0.5, 0.6) is 11.5 Å². The van der Waals surface area contributed by atoms with Gasteiger partial charge in [-0.05, 0) is 42.7 Å². The number of methoxy groups -OCH3 is 2. The zero-order valence-electron chi connectivity index (χ0n) is 16.4. The number of carbonyl (C=O) groups is 1. The van der Waals surface area contributed by atoms with E-state index in [1.165, 1.54) is 0 Å². The van der Waals surface area contributed by atoms with Crippen molar-refractivity contribution in [3.63, 3.8) is 0 Å². The van der Waals surface area contributed by atoms with E-state index in [9.17, 15) is 4.79 Å². The fourth-order valence-electron chi connectivity index (χ4n) is 3.15. The highest BCUT2D eigenvalue weighted by atomic mass is 16.5. The van der Waals surface area contributed by atoms with Crippen molar-refractivity contribution in [1.82, 2.24) is 15.1 Å². The van der Waals surface area contributed by atoms with Crippen LogP contribution >= 0.6 is 0 Å². The summed E-state index contributed by atoms with van der Waals surface area (Å²) in [6, 6.07) is 15.6. The first kappa shape index (κ1) is 19.5. The summed E-state index contributed by atoms with van der Waals surface area (Å²) in [5, 5.41) is 7.40. The molecule has 3 aromatic rings. The molecule has 1 N–H and O–H groups in total. The van der Waals surface area contributed by atoms with Crippen molar-refractivity contribution < 1.29 is 14.3 Å². The molecule has 0 saturated heterocycles. The van der Waals surface area contributed by atoms with Gasteiger partial charge in [-0.1, -0.05) is 31.2 Å². The van der Waals surface area contributed by atoms with E-state index in [1.54, 1.807) is 20.4 Å². The van der Waals surface area contributed by atoms with Crippen molar-refractivity contribution >= 4 is 5.91 Å². The summed E-state index contributed by atoms with van der Waals surface area (Å²) >= 11 is 0. The molecule has 146 valence electrons. The second kappa shape index (κ2) is 9.08. The molecule has 1 aromatic heterocycles. The monoisotopic (exact) mass is 379 g/mol. The van der Waals surface area contributed by atoms with E-state index in [0.717, 1.165) is 16.9 Å². The number of aromatic nitrogens is 2. The smallest absolute Gasteiger partial charge is 0.254 e. The second-order valence-electron chi connectivity index (χ2n) is 6.30. The van der Waals surface area contributed by atoms with Crippen LogP contribution in [0.1, 0.15) is 28.5 Å². The van der Waals surface area contributed by atoms with Gasteiger partial charge in [-0.25, -0.2) is 4.68 Å². The van der Waals surface area contributed by atoms with Gasteiger partial charge < -0.3 is 14.8 Å². The van der Waals surface area contributed by atoms with Gasteiger partial charge in [-0.15, -0.1) is 0 Å². The van der Waals surface area contributed by atoms with E-state index in [2.05, 4.69) is 10.4 Å². The lowest BCUT2D eigenvalue weighted by atomic mass is 10.1. The molecule has 0 bridgehead atoms. The van der Waals surface area contributed by atoms with Gasteiger partial charge >= 0.3 is 0 Å². The normalized spacial score (nSPS) is 10.5. The van der Waals surface area contributed by atoms with Gasteiger partial charge in [0.25, 0.3) is 5.91 Å². The van der Waals surface area contributed by atoms with Crippen LogP contribution in [0.3, 0.4) is 0 Å². The van der Waals surface area contributed by atoms with E-state index < -0.39 is 0 Å². The molecular formula is C22H25N3O3. The van der Waals surface area contributed by atoms with E-state index in [-0.39, 0.29) is 5.91 Å². The topological polar surface area (TPSA) is 65.4 Å². The number of hydrogen-bond acceptors (Lipinski definition) is 4. The van der Waals surface area contributed by atoms with E-state index in [4.69, 9.17) is 9.47 Å². The Morgan fingerprint density at radius 2 is 1.82 bits per heavy atom. The van der Waals surface area contributed by atoms with Crippen molar-refractivity contribution in [3.05, 3.63) is 71.5 Å². The summed E-state index contributed by atoms with van der Waals surface area (Å²) in [5.74, 6) is 1.26. The third-order valence-electron chi connectivity index (χ3n) is 4.60. The van der Waals surface area contributed by atoms with E-state index >= 15 is 0 Å². The highest BCUT2D eigenvalue weighted by molar-refractivity contribution is 5.95. The summed E-state index contributed by atoms with van der Waals surface area (Å²) in [5.41, 5.74) is 3.52. The zero-order chi connectivity index (χ0) is 19.9. The number of ether oxygens (including phenoxy) is 2. The Labute approximate surface area is 165 Å². The molecule has 0 aliphatic carbocycles. The summed E-state index contributed by atoms with van der Waals surface area (Å²) in [7, 11) is 3.22. The Balaban J connectivity index is 1.67. The summed E-state index contributed by atoms with van der Waals surface area (Å²) < 4.78 is 12.4. The molecule has 1 heterocycles. The molecule has 0 aliphatic rings. The van der Waals surface area contributed by atoms with Crippen molar-refractivity contribution in [1.29, 1.82) is 0 Å². The second-order valence-corrected chi connectivity index (χ2v) is 6.30. The minimum Gasteiger partial charge on any atom is -0.493 e. The van der Waals surface area contributed by atoms with E-state index in [0.29, 0.717) is 36.4 Å². The van der Waals surface area contributed by atoms with Crippen LogP contribution < -0.4 is 14.8 Å². The first-order valence-corrected chi connectivity index (χ1v) is 9.29. The fraction of sp³-hybridized carbons (Fsp3) is 0.273. The Kier molecular flexibility index (Phi) is 6.32. The highest BCUT2D eigenvalue weighted by Crippen LogP contribution is 2.27. The van der Waals surface area contributed by atoms with Gasteiger partial charge in [0.15, 0.2) is 11.5 Å². The maximum Gasteiger partial charge on any atom is 0.254 e. The van der Waals surface area contributed by atoms with Crippen LogP contribution in [0.2, 0.25) is 0 Å². The van der Waals surface area contributed by atoms with Gasteiger partial charge in [0, 0.05) is 6.54 Å². The third kappa shape index (κ3) is 4.17. The molecule has 0 spiro atoms. The highest BCUT2D eigenvalue weighted by Gasteiger charge is 2.16. The number of hydrogen-bond donors (Lipinski definition) is 1. The van der Waals surface area contributed by atoms with Gasteiger partial charge in [0.2, 0.25) is 0 Å². The van der Waals surface area contributed by atoms with Gasteiger partial charge in [0.1, 0.15) is 0 Å². The number of nitrogens with one attached hydrogen (secondary N) is 1. The predicted molar refractivity (Wildman–Crippen MR) is 109 cm³/mol. The quantitative estimate of drug-likeness (QED) is 0.651. The number of benzene rings is 2. The van der Waals surface area contributed by atoms with Crippen LogP contribution in [0.15, 0.2) is 54.7 Å². The van der Waals surface area contributed by atoms with Crippen molar-refractivity contribution in [2.24, 2.45) is 0 Å². The largest absolute Gasteiger partial charge is 0.493 e. The number of nitrogens with zero attached hydrogens (tertiary/aromatic N) is 2. The number of rotatable bonds is 8. The molecular weight excluding hydrogens is 354 g/mol. The minimum absolute atomic E-state index is 0.112. The molecule has 28 heavy (non-hydrogen) atoms. The van der Waals surface area contributed by atoms with Crippen LogP contribution in [-0.2, 0) is 12.8 Å². The molecule has 0 fully saturated rings. The lowest BCUT2D eigenvalue weighted by Crippen LogP contribution is -2.26. The zero-order valence-corrected chi connectivity index (χ0v) is 16.4. The Morgan fingerprint density at radius 3 is 2.50 bits per heavy atom. The summed E-state index contributed by atoms with van der Waals surface area (Å²) in [6.45, 7) is 2.55. The van der Waals surface area contributed by atoms with Crippen LogP contribution in [0.25, 0.3) is 5.69 Å². The van der Waals surface area contributed by atoms with Gasteiger partial charge in [-0.3, -0.25) is 4.79 Å². The van der Waals surface area contributed by atoms with Crippen molar-refractivity contribution in [2.45, 2.75) is 19.8 Å². The summed E-state index contributed by atoms with van der Waals surface area (Å²) in [6.07, 6.45) is 3.05. The van der Waals surface area contributed by atoms with Crippen LogP contribution in [-0.4, -0.2) is 36.5 Å². The Bertz CT molecular complexity index is 935. The molecule has 0 saturated carbocycles. The Morgan fingerprint density at radius 1 is 1.07 bits per heavy atom. The van der Waals surface area contributed by atoms with Gasteiger partial charge in [-0.2, -0.15) is 5.10 Å². The number of amides is 1. The predicted octanol–water partition coefficient (Wildman–Crippen LogP) is 3.42. The molecule has 6 nitrogen and oxygen atoms in total. The molecule has 2 aromatic carbocycles. The SMILES string of the molecule is CCc1c(C(=O)NCCc2ccc(OC)c(OC)c2)cnn1-c1ccccc1. The van der Waals surface area contributed by atoms with Crippen LogP contribution in [0, 0.1) is 0 Å². The molecule has 0 atom stereocenters. The lowest BCUT2D eigenvalue weighted by molar-refractivity contribution is 0.0953. The van der Waals surface area contributed by atoms with E-state index in [1.807, 2.05) is 60.1 Å². The molecule has 3 rings (SSSR count). The first-order valence-electron chi connectivity index (χ1n) is 9.29. The molecule has 0 radical (unpaired) electrons. The standard InChI is InChI=1S/C22H25N3O3/c1-4-19-18(15-24-25(19)17-8-6-5-7-9-17)22(26)23-13-12-16-10-11-20(27-2)21(14-16)28-3/h5-11,14-15H,4,12-13H2,1-3H3,(H,23,26). The molecule has 1 amide bonds. The average molecular weight is 379 g/mol. The first-order chi connectivity index (χ1) is 13.7. The number of carbonyl (C=O) groups excluding carboxylic acids is 1. The summed E-state index contributed by atoms with van der Waals surface area (Å²) in [4.78, 5) is 12.7. The van der Waals surface area contributed by atoms with Crippen LogP contribution in [0.4, 0.5) is 0 Å². The van der Waals surface area contributed by atoms with Gasteiger partial charge in [0.05, 0.1) is 37.4 Å². The third-order valence-corrected chi connectivity index (χ3v) is 4.60. The van der Waals surface area contributed by atoms with Crippen molar-refractivity contribution in [3.8, 4) is 17.2 Å². The maximum atomic E-state index is 12.7. The molecule has 6 heteroatoms. The lowest BCUT2D eigenvalue weighted by Gasteiger charge is -2.10. The fourth-order valence-corrected chi connectivity index (χ4v) is 3.15. The van der Waals surface area contributed by atoms with Crippen molar-refractivity contribution in [2.75, 3.05) is 20.8 Å². The Hall–Kier alpha value is -3.28. The maximum absolute atomic E-state index is 12.7. The number of para-hydroxylation sites is 1. The molecule has 0 aliphatic heterocycles. The minimum atomic E-state index is -0.112.